The van der Waals surface area contributed by atoms with Crippen LogP contribution in [0, 0.1) is 0 Å². The van der Waals surface area contributed by atoms with Gasteiger partial charge in [0.25, 0.3) is 0 Å². The molecule has 0 aliphatic carbocycles. The Bertz CT molecular complexity index is 1230. The molecule has 0 radical (unpaired) electrons. The zero-order valence-corrected chi connectivity index (χ0v) is 15.3. The minimum absolute atomic E-state index is 0.614. The Morgan fingerprint density at radius 1 is 0.963 bits per heavy atom. The van der Waals surface area contributed by atoms with E-state index in [0.717, 1.165) is 37.7 Å². The minimum atomic E-state index is 0.614. The number of nitrogens with zero attached hydrogens (tertiary/aromatic N) is 6. The summed E-state index contributed by atoms with van der Waals surface area (Å²) in [5.41, 5.74) is 3.65. The van der Waals surface area contributed by atoms with Crippen molar-refractivity contribution in [3.05, 3.63) is 67.5 Å². The predicted octanol–water partition coefficient (Wildman–Crippen LogP) is 4.22. The van der Waals surface area contributed by atoms with E-state index in [1.807, 2.05) is 42.3 Å². The number of pyridine rings is 2. The molecular weight excluding hydrogens is 356 g/mol. The second-order valence-corrected chi connectivity index (χ2v) is 7.09. The molecule has 27 heavy (non-hydrogen) atoms. The molecule has 0 aromatic carbocycles. The summed E-state index contributed by atoms with van der Waals surface area (Å²) >= 11 is 1.60. The Morgan fingerprint density at radius 3 is 2.67 bits per heavy atom. The summed E-state index contributed by atoms with van der Waals surface area (Å²) in [6.45, 7) is 0. The molecule has 6 nitrogen and oxygen atoms in total. The zero-order chi connectivity index (χ0) is 18.2. The van der Waals surface area contributed by atoms with Crippen molar-refractivity contribution in [1.29, 1.82) is 0 Å². The molecule has 130 valence electrons. The Hall–Kier alpha value is -3.45. The summed E-state index contributed by atoms with van der Waals surface area (Å²) in [6.07, 6.45) is 10.9. The molecule has 5 heterocycles. The average Bonchev–Trinajstić information content (AvgIpc) is 3.36. The van der Waals surface area contributed by atoms with Crippen LogP contribution in [0.5, 0.6) is 0 Å². The molecule has 0 unspecified atom stereocenters. The van der Waals surface area contributed by atoms with E-state index < -0.39 is 0 Å². The first kappa shape index (κ1) is 15.8. The van der Waals surface area contributed by atoms with Crippen LogP contribution in [-0.4, -0.2) is 29.5 Å². The highest BCUT2D eigenvalue weighted by atomic mass is 32.1. The van der Waals surface area contributed by atoms with Gasteiger partial charge in [0.15, 0.2) is 5.82 Å². The molecule has 0 aliphatic heterocycles. The molecule has 5 rings (SSSR count). The Kier molecular flexibility index (Phi) is 3.72. The van der Waals surface area contributed by atoms with Crippen molar-refractivity contribution in [3.8, 4) is 32.7 Å². The van der Waals surface area contributed by atoms with Gasteiger partial charge in [0.2, 0.25) is 0 Å². The predicted molar refractivity (Wildman–Crippen MR) is 106 cm³/mol. The lowest BCUT2D eigenvalue weighted by Crippen LogP contribution is -1.97. The first-order valence-electron chi connectivity index (χ1n) is 8.40. The molecule has 0 spiro atoms. The van der Waals surface area contributed by atoms with Gasteiger partial charge in [0.1, 0.15) is 10.7 Å². The average molecular weight is 370 g/mol. The van der Waals surface area contributed by atoms with E-state index >= 15 is 0 Å². The fourth-order valence-corrected chi connectivity index (χ4v) is 3.91. The monoisotopic (exact) mass is 370 g/mol. The van der Waals surface area contributed by atoms with Crippen molar-refractivity contribution in [3.63, 3.8) is 0 Å². The van der Waals surface area contributed by atoms with E-state index in [2.05, 4.69) is 32.1 Å². The number of aryl methyl sites for hydroxylation is 1. The summed E-state index contributed by atoms with van der Waals surface area (Å²) < 4.78 is 2.05. The number of hydrogen-bond acceptors (Lipinski definition) is 6. The van der Waals surface area contributed by atoms with Crippen LogP contribution in [0.3, 0.4) is 0 Å². The van der Waals surface area contributed by atoms with Crippen molar-refractivity contribution < 1.29 is 0 Å². The van der Waals surface area contributed by atoms with Gasteiger partial charge in [-0.25, -0.2) is 19.9 Å². The smallest absolute Gasteiger partial charge is 0.180 e. The van der Waals surface area contributed by atoms with Crippen LogP contribution in [0.15, 0.2) is 67.5 Å². The molecule has 5 aromatic rings. The third-order valence-corrected chi connectivity index (χ3v) is 5.37. The SMILES string of the molecule is Cn1ccc2cc(-c3cnc(-c4cccnc4)s3)nc(-c3ncccn3)c21. The topological polar surface area (TPSA) is 69.4 Å². The van der Waals surface area contributed by atoms with Gasteiger partial charge in [0.05, 0.1) is 16.1 Å². The van der Waals surface area contributed by atoms with Gasteiger partial charge in [-0.1, -0.05) is 0 Å². The molecule has 0 N–H and O–H groups in total. The molecule has 0 bridgehead atoms. The second kappa shape index (κ2) is 6.37. The highest BCUT2D eigenvalue weighted by molar-refractivity contribution is 7.18. The maximum atomic E-state index is 4.89. The van der Waals surface area contributed by atoms with Crippen LogP contribution < -0.4 is 0 Å². The van der Waals surface area contributed by atoms with Gasteiger partial charge in [-0.15, -0.1) is 11.3 Å². The van der Waals surface area contributed by atoms with Crippen molar-refractivity contribution in [2.24, 2.45) is 7.05 Å². The van der Waals surface area contributed by atoms with E-state index in [9.17, 15) is 0 Å². The molecule has 5 aromatic heterocycles. The third kappa shape index (κ3) is 2.78. The van der Waals surface area contributed by atoms with E-state index in [1.54, 1.807) is 36.0 Å². The summed E-state index contributed by atoms with van der Waals surface area (Å²) in [4.78, 5) is 23.4. The van der Waals surface area contributed by atoms with Crippen molar-refractivity contribution >= 4 is 22.2 Å². The molecule has 0 aliphatic rings. The maximum absolute atomic E-state index is 4.89. The molecule has 7 heteroatoms. The fourth-order valence-electron chi connectivity index (χ4n) is 3.04. The van der Waals surface area contributed by atoms with Crippen molar-refractivity contribution in [2.75, 3.05) is 0 Å². The minimum Gasteiger partial charge on any atom is -0.349 e. The highest BCUT2D eigenvalue weighted by Crippen LogP contribution is 2.34. The second-order valence-electron chi connectivity index (χ2n) is 6.06. The fraction of sp³-hybridized carbons (Fsp3) is 0.0500. The summed E-state index contributed by atoms with van der Waals surface area (Å²) in [5, 5.41) is 2.02. The van der Waals surface area contributed by atoms with Gasteiger partial charge in [0, 0.05) is 55.2 Å². The van der Waals surface area contributed by atoms with Gasteiger partial charge < -0.3 is 4.57 Å². The van der Waals surface area contributed by atoms with Gasteiger partial charge >= 0.3 is 0 Å². The van der Waals surface area contributed by atoms with Crippen LogP contribution >= 0.6 is 11.3 Å². The number of aromatic nitrogens is 6. The maximum Gasteiger partial charge on any atom is 0.180 e. The Morgan fingerprint density at radius 2 is 1.85 bits per heavy atom. The van der Waals surface area contributed by atoms with E-state index in [1.165, 1.54) is 0 Å². The standard InChI is InChI=1S/C20H14N6S/c1-26-9-5-13-10-15(25-17(18(13)26)19-22-7-3-8-23-19)16-12-24-20(27-16)14-4-2-6-21-11-14/h2-12H,1H3. The normalized spacial score (nSPS) is 11.1. The third-order valence-electron chi connectivity index (χ3n) is 4.30. The number of rotatable bonds is 3. The molecule has 0 saturated carbocycles. The number of fused-ring (bicyclic) bond motifs is 1. The lowest BCUT2D eigenvalue weighted by molar-refractivity contribution is 0.963. The first-order chi connectivity index (χ1) is 13.3. The largest absolute Gasteiger partial charge is 0.349 e. The van der Waals surface area contributed by atoms with Gasteiger partial charge in [-0.05, 0) is 30.3 Å². The van der Waals surface area contributed by atoms with Gasteiger partial charge in [-0.2, -0.15) is 0 Å². The summed E-state index contributed by atoms with van der Waals surface area (Å²) in [7, 11) is 2.00. The van der Waals surface area contributed by atoms with E-state index in [4.69, 9.17) is 4.98 Å². The number of thiazole rings is 1. The summed E-state index contributed by atoms with van der Waals surface area (Å²) in [6, 6.07) is 9.89. The first-order valence-corrected chi connectivity index (χ1v) is 9.21. The van der Waals surface area contributed by atoms with Crippen LogP contribution in [0.4, 0.5) is 0 Å². The van der Waals surface area contributed by atoms with Crippen LogP contribution in [0.1, 0.15) is 0 Å². The molecular formula is C20H14N6S. The molecule has 0 amide bonds. The molecule has 0 fully saturated rings. The van der Waals surface area contributed by atoms with Crippen molar-refractivity contribution in [1.82, 2.24) is 29.5 Å². The quantitative estimate of drug-likeness (QED) is 0.476. The van der Waals surface area contributed by atoms with Crippen LogP contribution in [0.2, 0.25) is 0 Å². The lowest BCUT2D eigenvalue weighted by Gasteiger charge is -2.06. The van der Waals surface area contributed by atoms with Crippen molar-refractivity contribution in [2.45, 2.75) is 0 Å². The molecule has 0 saturated heterocycles. The van der Waals surface area contributed by atoms with Crippen LogP contribution in [0.25, 0.3) is 43.6 Å². The molecule has 0 atom stereocenters. The van der Waals surface area contributed by atoms with Gasteiger partial charge in [-0.3, -0.25) is 4.98 Å². The summed E-state index contributed by atoms with van der Waals surface area (Å²) in [5.74, 6) is 0.614. The lowest BCUT2D eigenvalue weighted by atomic mass is 10.2. The highest BCUT2D eigenvalue weighted by Gasteiger charge is 2.16. The Balaban J connectivity index is 1.68. The van der Waals surface area contributed by atoms with E-state index in [-0.39, 0.29) is 0 Å². The number of hydrogen-bond donors (Lipinski definition) is 0. The Labute approximate surface area is 159 Å². The van der Waals surface area contributed by atoms with Crippen LogP contribution in [-0.2, 0) is 7.05 Å². The zero-order valence-electron chi connectivity index (χ0n) is 14.4. The van der Waals surface area contributed by atoms with E-state index in [0.29, 0.717) is 5.82 Å².